The van der Waals surface area contributed by atoms with Crippen molar-refractivity contribution in [2.75, 3.05) is 0 Å². The monoisotopic (exact) mass is 85.1 g/mol. The molecule has 0 saturated heterocycles. The molecule has 0 unspecified atom stereocenters. The predicted molar refractivity (Wildman–Crippen MR) is 22.3 cm³/mol. The van der Waals surface area contributed by atoms with Crippen LogP contribution in [0.2, 0.25) is 0 Å². The van der Waals surface area contributed by atoms with Crippen molar-refractivity contribution in [1.82, 2.24) is 0 Å². The lowest BCUT2D eigenvalue weighted by molar-refractivity contribution is -0.220. The van der Waals surface area contributed by atoms with Crippen LogP contribution in [-0.2, 0) is 0 Å². The quantitative estimate of drug-likeness (QED) is 0.285. The zero-order chi connectivity index (χ0) is 4.99. The lowest BCUT2D eigenvalue weighted by Gasteiger charge is -1.98. The first-order chi connectivity index (χ1) is 2.77. The average molecular weight is 85.1 g/mol. The first-order valence-electron chi connectivity index (χ1n) is 1.81. The first-order valence-corrected chi connectivity index (χ1v) is 1.81. The Kier molecular flexibility index (Phi) is 2.29. The van der Waals surface area contributed by atoms with E-state index < -0.39 is 5.90 Å². The van der Waals surface area contributed by atoms with Crippen LogP contribution in [0.15, 0.2) is 0 Å². The molecule has 0 aliphatic heterocycles. The van der Waals surface area contributed by atoms with Crippen molar-refractivity contribution >= 4 is 5.90 Å². The van der Waals surface area contributed by atoms with Gasteiger partial charge in [0.2, 0.25) is 0 Å². The van der Waals surface area contributed by atoms with Gasteiger partial charge in [-0.05, 0) is 5.90 Å². The number of hydrogen-bond donors (Lipinski definition) is 1. The van der Waals surface area contributed by atoms with Crippen molar-refractivity contribution in [3.8, 4) is 0 Å². The summed E-state index contributed by atoms with van der Waals surface area (Å²) in [6, 6.07) is 0. The van der Waals surface area contributed by atoms with Gasteiger partial charge in [-0.2, -0.15) is 0 Å². The van der Waals surface area contributed by atoms with Crippen LogP contribution >= 0.6 is 0 Å². The van der Waals surface area contributed by atoms with Gasteiger partial charge in [-0.25, -0.2) is 0 Å². The molecule has 0 rings (SSSR count). The summed E-state index contributed by atoms with van der Waals surface area (Å²) in [5.41, 5.74) is 0. The van der Waals surface area contributed by atoms with Crippen LogP contribution in [0.4, 0.5) is 0 Å². The minimum absolute atomic E-state index is 0.292. The Morgan fingerprint density at radius 1 is 1.83 bits per heavy atom. The molecule has 0 heterocycles. The van der Waals surface area contributed by atoms with Gasteiger partial charge >= 0.3 is 0 Å². The molecule has 0 aromatic rings. The van der Waals surface area contributed by atoms with Gasteiger partial charge in [-0.3, -0.25) is 0 Å². The van der Waals surface area contributed by atoms with Gasteiger partial charge in [-0.15, -0.1) is 0 Å². The first kappa shape index (κ1) is 5.34. The van der Waals surface area contributed by atoms with E-state index in [1.165, 1.54) is 0 Å². The van der Waals surface area contributed by atoms with Crippen LogP contribution in [0.5, 0.6) is 0 Å². The van der Waals surface area contributed by atoms with Crippen molar-refractivity contribution in [3.63, 3.8) is 0 Å². The second kappa shape index (κ2) is 2.57. The summed E-state index contributed by atoms with van der Waals surface area (Å²) in [7, 11) is 0. The molecule has 6 heavy (non-hydrogen) atoms. The molecule has 0 aliphatic rings. The Labute approximate surface area is 37.3 Å². The molecular formula is C4H7NO. The van der Waals surface area contributed by atoms with E-state index in [0.29, 0.717) is 12.8 Å². The smallest absolute Gasteiger partial charge is 0.0893 e. The van der Waals surface area contributed by atoms with Crippen LogP contribution < -0.4 is 5.11 Å². The third kappa shape index (κ3) is 3.34. The average Bonchev–Trinajstić information content (AvgIpc) is 1.35. The summed E-state index contributed by atoms with van der Waals surface area (Å²) in [4.78, 5) is 0. The van der Waals surface area contributed by atoms with Gasteiger partial charge in [0.15, 0.2) is 0 Å². The molecule has 1 N–H and O–H groups in total. The molecule has 0 spiro atoms. The zero-order valence-corrected chi connectivity index (χ0v) is 3.53. The third-order valence-electron chi connectivity index (χ3n) is 0.404. The fourth-order valence-electron chi connectivity index (χ4n) is 0.161. The standard InChI is InChI=1S/C4H7NO/c1-2-3-4(5)6/h1-3H2,(H-,5,6). The van der Waals surface area contributed by atoms with Crippen molar-refractivity contribution in [2.45, 2.75) is 12.8 Å². The SMILES string of the molecule is [CH2+]CCC(=N)[O-]. The number of hydrogen-bond acceptors (Lipinski definition) is 2. The summed E-state index contributed by atoms with van der Waals surface area (Å²) in [6.07, 6.45) is 0.836. The molecule has 0 saturated carbocycles. The van der Waals surface area contributed by atoms with E-state index in [9.17, 15) is 5.11 Å². The minimum Gasteiger partial charge on any atom is -0.862 e. The van der Waals surface area contributed by atoms with Crippen LogP contribution in [-0.4, -0.2) is 5.90 Å². The summed E-state index contributed by atoms with van der Waals surface area (Å²) >= 11 is 0. The molecule has 0 amide bonds. The third-order valence-corrected chi connectivity index (χ3v) is 0.404. The van der Waals surface area contributed by atoms with Gasteiger partial charge in [0.25, 0.3) is 0 Å². The zero-order valence-electron chi connectivity index (χ0n) is 3.53. The van der Waals surface area contributed by atoms with E-state index in [2.05, 4.69) is 6.92 Å². The van der Waals surface area contributed by atoms with Crippen molar-refractivity contribution in [2.24, 2.45) is 0 Å². The molecule has 0 fully saturated rings. The lowest BCUT2D eigenvalue weighted by atomic mass is 10.3. The van der Waals surface area contributed by atoms with Crippen molar-refractivity contribution in [1.29, 1.82) is 5.41 Å². The highest BCUT2D eigenvalue weighted by Gasteiger charge is 1.77. The summed E-state index contributed by atoms with van der Waals surface area (Å²) in [6.45, 7) is 3.38. The van der Waals surface area contributed by atoms with E-state index in [0.717, 1.165) is 0 Å². The molecule has 0 radical (unpaired) electrons. The summed E-state index contributed by atoms with van der Waals surface area (Å²) in [5.74, 6) is -0.523. The normalized spacial score (nSPS) is 8.00. The molecule has 2 heteroatoms. The fraction of sp³-hybridized carbons (Fsp3) is 0.500. The molecule has 34 valence electrons. The molecule has 0 aliphatic carbocycles. The summed E-state index contributed by atoms with van der Waals surface area (Å²) in [5, 5.41) is 16.0. The Morgan fingerprint density at radius 2 is 2.33 bits per heavy atom. The van der Waals surface area contributed by atoms with Crippen LogP contribution in [0.3, 0.4) is 0 Å². The van der Waals surface area contributed by atoms with E-state index in [-0.39, 0.29) is 0 Å². The van der Waals surface area contributed by atoms with Crippen LogP contribution in [0.1, 0.15) is 12.8 Å². The van der Waals surface area contributed by atoms with E-state index in [4.69, 9.17) is 5.41 Å². The molecule has 0 bridgehead atoms. The summed E-state index contributed by atoms with van der Waals surface area (Å²) < 4.78 is 0. The maximum atomic E-state index is 9.67. The highest BCUT2D eigenvalue weighted by atomic mass is 16.3. The number of nitrogens with one attached hydrogen (secondary N) is 1. The second-order valence-corrected chi connectivity index (χ2v) is 1.03. The molecule has 0 atom stereocenters. The molecule has 2 nitrogen and oxygen atoms in total. The maximum absolute atomic E-state index is 9.67. The Morgan fingerprint density at radius 3 is 2.33 bits per heavy atom. The highest BCUT2D eigenvalue weighted by Crippen LogP contribution is 1.79. The largest absolute Gasteiger partial charge is 0.862 e. The van der Waals surface area contributed by atoms with Gasteiger partial charge in [0.05, 0.1) is 13.3 Å². The van der Waals surface area contributed by atoms with Crippen LogP contribution in [0.25, 0.3) is 0 Å². The lowest BCUT2D eigenvalue weighted by Crippen LogP contribution is -2.14. The Balaban J connectivity index is 2.83. The Hall–Kier alpha value is -0.660. The second-order valence-electron chi connectivity index (χ2n) is 1.03. The maximum Gasteiger partial charge on any atom is 0.0893 e. The number of rotatable bonds is 2. The van der Waals surface area contributed by atoms with Crippen LogP contribution in [0, 0.1) is 12.3 Å². The van der Waals surface area contributed by atoms with Crippen molar-refractivity contribution < 1.29 is 5.11 Å². The topological polar surface area (TPSA) is 46.9 Å². The molecule has 0 aromatic carbocycles. The minimum atomic E-state index is -0.523. The predicted octanol–water partition coefficient (Wildman–Crippen LogP) is -0.0617. The van der Waals surface area contributed by atoms with E-state index in [1.807, 2.05) is 0 Å². The van der Waals surface area contributed by atoms with Gasteiger partial charge in [-0.1, -0.05) is 0 Å². The fourth-order valence-corrected chi connectivity index (χ4v) is 0.161. The van der Waals surface area contributed by atoms with Gasteiger partial charge in [0.1, 0.15) is 0 Å². The highest BCUT2D eigenvalue weighted by molar-refractivity contribution is 5.67. The molecule has 0 aromatic heterocycles. The molecular weight excluding hydrogens is 78.0 g/mol. The van der Waals surface area contributed by atoms with Crippen molar-refractivity contribution in [3.05, 3.63) is 6.92 Å². The Bertz CT molecular complexity index is 51.5. The van der Waals surface area contributed by atoms with Gasteiger partial charge < -0.3 is 10.5 Å². The van der Waals surface area contributed by atoms with E-state index in [1.54, 1.807) is 0 Å². The van der Waals surface area contributed by atoms with E-state index >= 15 is 0 Å². The van der Waals surface area contributed by atoms with Gasteiger partial charge in [0, 0.05) is 6.42 Å².